The van der Waals surface area contributed by atoms with Crippen LogP contribution in [0.5, 0.6) is 11.5 Å². The molecule has 2 aliphatic rings. The summed E-state index contributed by atoms with van der Waals surface area (Å²) in [5.41, 5.74) is 4.73. The van der Waals surface area contributed by atoms with Crippen molar-refractivity contribution < 1.29 is 14.3 Å². The summed E-state index contributed by atoms with van der Waals surface area (Å²) in [6.45, 7) is 8.31. The average molecular weight is 365 g/mol. The molecule has 4 nitrogen and oxygen atoms in total. The van der Waals surface area contributed by atoms with Gasteiger partial charge in [0.1, 0.15) is 13.2 Å². The second-order valence-corrected chi connectivity index (χ2v) is 7.77. The van der Waals surface area contributed by atoms with Crippen LogP contribution in [-0.2, 0) is 6.54 Å². The molecule has 2 aromatic rings. The van der Waals surface area contributed by atoms with E-state index in [4.69, 9.17) is 9.47 Å². The van der Waals surface area contributed by atoms with Gasteiger partial charge in [-0.2, -0.15) is 0 Å². The first kappa shape index (κ1) is 18.1. The van der Waals surface area contributed by atoms with Gasteiger partial charge in [0.15, 0.2) is 17.3 Å². The molecule has 4 rings (SSSR count). The molecule has 2 aliphatic heterocycles. The number of aryl methyl sites for hydroxylation is 2. The lowest BCUT2D eigenvalue weighted by atomic mass is 9.88. The van der Waals surface area contributed by atoms with Crippen LogP contribution in [0.4, 0.5) is 0 Å². The first-order valence-electron chi connectivity index (χ1n) is 9.82. The number of carbonyl (C=O) groups is 1. The molecule has 0 bridgehead atoms. The van der Waals surface area contributed by atoms with Crippen LogP contribution in [-0.4, -0.2) is 37.0 Å². The highest BCUT2D eigenvalue weighted by Crippen LogP contribution is 2.32. The quantitative estimate of drug-likeness (QED) is 0.763. The standard InChI is InChI=1S/C23H27NO3/c1-16-11-17(2)13-18(12-16)15-24-7-5-19(6-8-24)23(25)20-3-4-21-22(14-20)27-10-9-26-21/h3-4,11-14,19H,5-10,15H2,1-2H3. The van der Waals surface area contributed by atoms with E-state index in [2.05, 4.69) is 36.9 Å². The number of hydrogen-bond acceptors (Lipinski definition) is 4. The van der Waals surface area contributed by atoms with E-state index in [9.17, 15) is 4.79 Å². The van der Waals surface area contributed by atoms with Gasteiger partial charge in [0.2, 0.25) is 0 Å². The molecule has 1 fully saturated rings. The maximum atomic E-state index is 12.9. The van der Waals surface area contributed by atoms with E-state index >= 15 is 0 Å². The van der Waals surface area contributed by atoms with Crippen LogP contribution in [0.2, 0.25) is 0 Å². The first-order chi connectivity index (χ1) is 13.1. The maximum absolute atomic E-state index is 12.9. The fraction of sp³-hybridized carbons (Fsp3) is 0.435. The lowest BCUT2D eigenvalue weighted by molar-refractivity contribution is 0.0833. The Morgan fingerprint density at radius 3 is 2.33 bits per heavy atom. The first-order valence-corrected chi connectivity index (χ1v) is 9.82. The number of nitrogens with zero attached hydrogens (tertiary/aromatic N) is 1. The molecule has 0 saturated carbocycles. The van der Waals surface area contributed by atoms with Crippen LogP contribution in [0.25, 0.3) is 0 Å². The van der Waals surface area contributed by atoms with Gasteiger partial charge in [-0.15, -0.1) is 0 Å². The zero-order valence-corrected chi connectivity index (χ0v) is 16.2. The van der Waals surface area contributed by atoms with Gasteiger partial charge in [-0.25, -0.2) is 0 Å². The molecule has 0 unspecified atom stereocenters. The van der Waals surface area contributed by atoms with Gasteiger partial charge < -0.3 is 9.47 Å². The summed E-state index contributed by atoms with van der Waals surface area (Å²) < 4.78 is 11.2. The topological polar surface area (TPSA) is 38.8 Å². The van der Waals surface area contributed by atoms with Crippen LogP contribution in [0.15, 0.2) is 36.4 Å². The molecule has 2 aromatic carbocycles. The molecule has 0 radical (unpaired) electrons. The zero-order chi connectivity index (χ0) is 18.8. The highest BCUT2D eigenvalue weighted by Gasteiger charge is 2.27. The number of ketones is 1. The van der Waals surface area contributed by atoms with E-state index in [1.165, 1.54) is 16.7 Å². The largest absolute Gasteiger partial charge is 0.486 e. The number of Topliss-reactive ketones (excluding diaryl/α,β-unsaturated/α-hetero) is 1. The molecule has 0 spiro atoms. The number of carbonyl (C=O) groups excluding carboxylic acids is 1. The molecule has 4 heteroatoms. The van der Waals surface area contributed by atoms with Gasteiger partial charge in [0.25, 0.3) is 0 Å². The molecule has 2 heterocycles. The third-order valence-electron chi connectivity index (χ3n) is 5.47. The highest BCUT2D eigenvalue weighted by molar-refractivity contribution is 5.98. The number of benzene rings is 2. The van der Waals surface area contributed by atoms with Gasteiger partial charge in [-0.1, -0.05) is 29.3 Å². The van der Waals surface area contributed by atoms with E-state index in [1.54, 1.807) is 0 Å². The van der Waals surface area contributed by atoms with Gasteiger partial charge in [0, 0.05) is 18.0 Å². The Hall–Kier alpha value is -2.33. The Morgan fingerprint density at radius 2 is 1.63 bits per heavy atom. The number of likely N-dealkylation sites (tertiary alicyclic amines) is 1. The normalized spacial score (nSPS) is 17.7. The van der Waals surface area contributed by atoms with Gasteiger partial charge >= 0.3 is 0 Å². The van der Waals surface area contributed by atoms with Crippen molar-refractivity contribution in [3.63, 3.8) is 0 Å². The lowest BCUT2D eigenvalue weighted by Crippen LogP contribution is -2.36. The monoisotopic (exact) mass is 365 g/mol. The Labute approximate surface area is 161 Å². The van der Waals surface area contributed by atoms with Gasteiger partial charge in [-0.3, -0.25) is 9.69 Å². The minimum absolute atomic E-state index is 0.100. The van der Waals surface area contributed by atoms with Crippen LogP contribution in [0, 0.1) is 19.8 Å². The van der Waals surface area contributed by atoms with Crippen molar-refractivity contribution in [2.24, 2.45) is 5.92 Å². The van der Waals surface area contributed by atoms with Crippen molar-refractivity contribution >= 4 is 5.78 Å². The third-order valence-corrected chi connectivity index (χ3v) is 5.47. The predicted octanol–water partition coefficient (Wildman–Crippen LogP) is 4.17. The Balaban J connectivity index is 1.36. The molecular weight excluding hydrogens is 338 g/mol. The summed E-state index contributed by atoms with van der Waals surface area (Å²) in [7, 11) is 0. The Morgan fingerprint density at radius 1 is 0.963 bits per heavy atom. The van der Waals surface area contributed by atoms with Crippen molar-refractivity contribution in [2.75, 3.05) is 26.3 Å². The number of piperidine rings is 1. The van der Waals surface area contributed by atoms with Gasteiger partial charge in [-0.05, 0) is 63.5 Å². The van der Waals surface area contributed by atoms with Crippen molar-refractivity contribution in [3.8, 4) is 11.5 Å². The molecule has 142 valence electrons. The van der Waals surface area contributed by atoms with Crippen molar-refractivity contribution in [2.45, 2.75) is 33.2 Å². The van der Waals surface area contributed by atoms with Crippen LogP contribution in [0.1, 0.15) is 39.9 Å². The SMILES string of the molecule is Cc1cc(C)cc(CN2CCC(C(=O)c3ccc4c(c3)OCCO4)CC2)c1. The minimum Gasteiger partial charge on any atom is -0.486 e. The van der Waals surface area contributed by atoms with Crippen molar-refractivity contribution in [3.05, 3.63) is 58.7 Å². The average Bonchev–Trinajstić information content (AvgIpc) is 2.67. The molecule has 27 heavy (non-hydrogen) atoms. The van der Waals surface area contributed by atoms with Crippen LogP contribution >= 0.6 is 0 Å². The Kier molecular flexibility index (Phi) is 5.17. The zero-order valence-electron chi connectivity index (χ0n) is 16.2. The molecule has 0 amide bonds. The molecule has 1 saturated heterocycles. The summed E-state index contributed by atoms with van der Waals surface area (Å²) in [6, 6.07) is 12.3. The second-order valence-electron chi connectivity index (χ2n) is 7.77. The number of rotatable bonds is 4. The molecule has 0 aromatic heterocycles. The van der Waals surface area contributed by atoms with Crippen molar-refractivity contribution in [1.29, 1.82) is 0 Å². The Bertz CT molecular complexity index is 817. The maximum Gasteiger partial charge on any atom is 0.166 e. The smallest absolute Gasteiger partial charge is 0.166 e. The number of ether oxygens (including phenoxy) is 2. The fourth-order valence-corrected chi connectivity index (χ4v) is 4.20. The number of hydrogen-bond donors (Lipinski definition) is 0. The number of fused-ring (bicyclic) bond motifs is 1. The van der Waals surface area contributed by atoms with Crippen LogP contribution < -0.4 is 9.47 Å². The molecule has 0 N–H and O–H groups in total. The minimum atomic E-state index is 0.100. The molecule has 0 atom stereocenters. The van der Waals surface area contributed by atoms with E-state index in [0.717, 1.165) is 43.8 Å². The molecule has 0 aliphatic carbocycles. The predicted molar refractivity (Wildman–Crippen MR) is 106 cm³/mol. The van der Waals surface area contributed by atoms with E-state index in [1.807, 2.05) is 18.2 Å². The van der Waals surface area contributed by atoms with Crippen LogP contribution in [0.3, 0.4) is 0 Å². The van der Waals surface area contributed by atoms with Gasteiger partial charge in [0.05, 0.1) is 0 Å². The van der Waals surface area contributed by atoms with E-state index in [0.29, 0.717) is 19.0 Å². The van der Waals surface area contributed by atoms with E-state index in [-0.39, 0.29) is 11.7 Å². The van der Waals surface area contributed by atoms with E-state index < -0.39 is 0 Å². The summed E-state index contributed by atoms with van der Waals surface area (Å²) >= 11 is 0. The summed E-state index contributed by atoms with van der Waals surface area (Å²) in [4.78, 5) is 15.4. The van der Waals surface area contributed by atoms with Crippen molar-refractivity contribution in [1.82, 2.24) is 4.90 Å². The highest BCUT2D eigenvalue weighted by atomic mass is 16.6. The lowest BCUT2D eigenvalue weighted by Gasteiger charge is -2.31. The summed E-state index contributed by atoms with van der Waals surface area (Å²) in [5, 5.41) is 0. The fourth-order valence-electron chi connectivity index (χ4n) is 4.20. The summed E-state index contributed by atoms with van der Waals surface area (Å²) in [6.07, 6.45) is 1.83. The molecular formula is C23H27NO3. The summed E-state index contributed by atoms with van der Waals surface area (Å²) in [5.74, 6) is 1.77. The second kappa shape index (κ2) is 7.73. The third kappa shape index (κ3) is 4.16.